The Labute approximate surface area is 185 Å². The van der Waals surface area contributed by atoms with Crippen molar-refractivity contribution < 1.29 is 13.3 Å². The fourth-order valence-corrected chi connectivity index (χ4v) is 3.75. The lowest BCUT2D eigenvalue weighted by atomic mass is 10.0. The molecule has 5 aromatic rings. The van der Waals surface area contributed by atoms with Gasteiger partial charge in [0, 0.05) is 36.5 Å². The quantitative estimate of drug-likeness (QED) is 0.400. The number of nitrogens with one attached hydrogen (secondary N) is 1. The highest BCUT2D eigenvalue weighted by atomic mass is 19.1. The Balaban J connectivity index is 1.82. The van der Waals surface area contributed by atoms with Gasteiger partial charge in [-0.1, -0.05) is 5.16 Å². The summed E-state index contributed by atoms with van der Waals surface area (Å²) in [5.74, 6) is 0.176. The molecule has 4 heterocycles. The van der Waals surface area contributed by atoms with Gasteiger partial charge in [0.1, 0.15) is 29.5 Å². The van der Waals surface area contributed by atoms with Gasteiger partial charge in [0.25, 0.3) is 0 Å². The zero-order valence-corrected chi connectivity index (χ0v) is 17.7. The summed E-state index contributed by atoms with van der Waals surface area (Å²) in [7, 11) is 1.62. The van der Waals surface area contributed by atoms with Crippen molar-refractivity contribution in [1.29, 1.82) is 0 Å². The van der Waals surface area contributed by atoms with E-state index in [9.17, 15) is 14.0 Å². The molecule has 0 bridgehead atoms. The molecule has 5 rings (SSSR count). The molecule has 0 saturated carbocycles. The van der Waals surface area contributed by atoms with E-state index < -0.39 is 11.5 Å². The third-order valence-corrected chi connectivity index (χ3v) is 5.30. The van der Waals surface area contributed by atoms with Crippen LogP contribution in [-0.2, 0) is 13.6 Å². The Morgan fingerprint density at radius 1 is 1.15 bits per heavy atom. The molecule has 10 nitrogen and oxygen atoms in total. The number of aryl methyl sites for hydroxylation is 2. The normalized spacial score (nSPS) is 11.4. The van der Waals surface area contributed by atoms with E-state index >= 15 is 0 Å². The van der Waals surface area contributed by atoms with E-state index in [0.717, 1.165) is 0 Å². The molecular formula is C22H19FN7O3+. The summed E-state index contributed by atoms with van der Waals surface area (Å²) in [5, 5.41) is 7.02. The van der Waals surface area contributed by atoms with Crippen LogP contribution in [0.5, 0.6) is 0 Å². The number of aromatic nitrogens is 6. The number of benzene rings is 1. The summed E-state index contributed by atoms with van der Waals surface area (Å²) in [4.78, 5) is 29.6. The van der Waals surface area contributed by atoms with Crippen LogP contribution in [0.4, 0.5) is 10.3 Å². The predicted octanol–water partition coefficient (Wildman–Crippen LogP) is 1.41. The van der Waals surface area contributed by atoms with E-state index in [1.54, 1.807) is 44.4 Å². The first kappa shape index (κ1) is 20.4. The molecule has 0 aliphatic rings. The highest BCUT2D eigenvalue weighted by Gasteiger charge is 2.26. The van der Waals surface area contributed by atoms with Crippen LogP contribution in [-0.4, -0.2) is 24.5 Å². The maximum absolute atomic E-state index is 13.6. The minimum Gasteiger partial charge on any atom is -0.361 e. The van der Waals surface area contributed by atoms with Crippen molar-refractivity contribution in [3.8, 4) is 22.4 Å². The summed E-state index contributed by atoms with van der Waals surface area (Å²) in [6.07, 6.45) is 1.64. The maximum atomic E-state index is 13.6. The first-order chi connectivity index (χ1) is 15.8. The minimum absolute atomic E-state index is 0.0470. The first-order valence-corrected chi connectivity index (χ1v) is 10.0. The van der Waals surface area contributed by atoms with Gasteiger partial charge in [-0.05, 0) is 37.3 Å². The molecule has 0 aliphatic carbocycles. The SMILES string of the molecule is Cc1cc(Cn2[nH]c3c(-c4ccc(=O)n(C)c4)c(-c4ccc(F)cc4)nc(N)[n+]3c2=O)no1. The van der Waals surface area contributed by atoms with Gasteiger partial charge in [-0.2, -0.15) is 4.68 Å². The number of nitrogen functional groups attached to an aromatic ring is 1. The van der Waals surface area contributed by atoms with Crippen LogP contribution < -0.4 is 21.4 Å². The van der Waals surface area contributed by atoms with Crippen LogP contribution in [0.1, 0.15) is 11.5 Å². The van der Waals surface area contributed by atoms with E-state index in [-0.39, 0.29) is 18.1 Å². The lowest BCUT2D eigenvalue weighted by molar-refractivity contribution is -0.516. The number of pyridine rings is 1. The molecule has 11 heteroatoms. The average Bonchev–Trinajstić information content (AvgIpc) is 3.34. The van der Waals surface area contributed by atoms with Crippen molar-refractivity contribution >= 4 is 11.6 Å². The molecule has 33 heavy (non-hydrogen) atoms. The topological polar surface area (TPSA) is 129 Å². The zero-order chi connectivity index (χ0) is 23.3. The Morgan fingerprint density at radius 2 is 1.88 bits per heavy atom. The Bertz CT molecular complexity index is 1630. The molecule has 0 radical (unpaired) electrons. The van der Waals surface area contributed by atoms with E-state index in [2.05, 4.69) is 15.2 Å². The van der Waals surface area contributed by atoms with Crippen molar-refractivity contribution in [1.82, 2.24) is 24.5 Å². The van der Waals surface area contributed by atoms with Crippen LogP contribution in [0.3, 0.4) is 0 Å². The van der Waals surface area contributed by atoms with Gasteiger partial charge in [-0.3, -0.25) is 4.79 Å². The van der Waals surface area contributed by atoms with Crippen molar-refractivity contribution in [2.75, 3.05) is 5.73 Å². The van der Waals surface area contributed by atoms with E-state index in [4.69, 9.17) is 10.3 Å². The molecule has 3 N–H and O–H groups in total. The summed E-state index contributed by atoms with van der Waals surface area (Å²) in [6, 6.07) is 10.6. The number of fused-ring (bicyclic) bond motifs is 1. The number of nitrogens with two attached hydrogens (primary N) is 1. The molecule has 0 atom stereocenters. The number of rotatable bonds is 4. The van der Waals surface area contributed by atoms with Gasteiger partial charge in [-0.15, -0.1) is 9.38 Å². The van der Waals surface area contributed by atoms with Crippen LogP contribution in [0.2, 0.25) is 0 Å². The van der Waals surface area contributed by atoms with Gasteiger partial charge in [0.15, 0.2) is 0 Å². The molecule has 0 spiro atoms. The van der Waals surface area contributed by atoms with Gasteiger partial charge < -0.3 is 14.8 Å². The average molecular weight is 448 g/mol. The van der Waals surface area contributed by atoms with Crippen LogP contribution in [0.25, 0.3) is 28.0 Å². The number of nitrogens with zero attached hydrogens (tertiary/aromatic N) is 5. The standard InChI is InChI=1S/C22H18FN7O3/c1-12-9-16(27-33-12)11-29-22(32)30-20(26-29)18(14-5-8-17(31)28(2)10-14)19(25-21(30)24)13-3-6-15(23)7-4-13/h3-10H,11H2,1-2H3,(H2,24,25,26)/p+1. The van der Waals surface area contributed by atoms with E-state index in [1.807, 2.05) is 0 Å². The molecule has 166 valence electrons. The summed E-state index contributed by atoms with van der Waals surface area (Å²) in [5.41, 5.74) is 8.63. The van der Waals surface area contributed by atoms with Gasteiger partial charge >= 0.3 is 11.6 Å². The van der Waals surface area contributed by atoms with Crippen molar-refractivity contribution in [2.24, 2.45) is 7.05 Å². The van der Waals surface area contributed by atoms with Crippen LogP contribution in [0.15, 0.2) is 62.8 Å². The fourth-order valence-electron chi connectivity index (χ4n) is 3.75. The van der Waals surface area contributed by atoms with Crippen LogP contribution >= 0.6 is 0 Å². The Morgan fingerprint density at radius 3 is 2.55 bits per heavy atom. The predicted molar refractivity (Wildman–Crippen MR) is 117 cm³/mol. The number of anilines is 1. The number of hydrogen-bond acceptors (Lipinski definition) is 6. The third-order valence-electron chi connectivity index (χ3n) is 5.30. The highest BCUT2D eigenvalue weighted by Crippen LogP contribution is 2.32. The van der Waals surface area contributed by atoms with Crippen molar-refractivity contribution in [2.45, 2.75) is 13.5 Å². The molecule has 0 amide bonds. The van der Waals surface area contributed by atoms with Gasteiger partial charge in [0.2, 0.25) is 11.2 Å². The largest absolute Gasteiger partial charge is 0.428 e. The van der Waals surface area contributed by atoms with Gasteiger partial charge in [0.05, 0.1) is 5.56 Å². The molecule has 0 aliphatic heterocycles. The van der Waals surface area contributed by atoms with E-state index in [0.29, 0.717) is 39.5 Å². The molecule has 0 unspecified atom stereocenters. The first-order valence-electron chi connectivity index (χ1n) is 10.0. The molecule has 1 aromatic carbocycles. The lowest BCUT2D eigenvalue weighted by Crippen LogP contribution is -2.44. The second-order valence-electron chi connectivity index (χ2n) is 7.66. The minimum atomic E-state index is -0.452. The maximum Gasteiger partial charge on any atom is 0.428 e. The van der Waals surface area contributed by atoms with Crippen molar-refractivity contribution in [3.63, 3.8) is 0 Å². The summed E-state index contributed by atoms with van der Waals surface area (Å²) >= 11 is 0. The Hall–Kier alpha value is -4.54. The summed E-state index contributed by atoms with van der Waals surface area (Å²) in [6.45, 7) is 1.88. The lowest BCUT2D eigenvalue weighted by Gasteiger charge is -2.09. The zero-order valence-electron chi connectivity index (χ0n) is 17.7. The number of aromatic amines is 1. The molecule has 4 aromatic heterocycles. The Kier molecular flexibility index (Phi) is 4.66. The highest BCUT2D eigenvalue weighted by molar-refractivity contribution is 5.88. The fraction of sp³-hybridized carbons (Fsp3) is 0.136. The monoisotopic (exact) mass is 448 g/mol. The molecule has 0 saturated heterocycles. The van der Waals surface area contributed by atoms with E-state index in [1.165, 1.54) is 31.8 Å². The summed E-state index contributed by atoms with van der Waals surface area (Å²) < 4.78 is 22.7. The van der Waals surface area contributed by atoms with Gasteiger partial charge in [-0.25, -0.2) is 14.3 Å². The number of H-pyrrole nitrogens is 1. The smallest absolute Gasteiger partial charge is 0.361 e. The molecular weight excluding hydrogens is 429 g/mol. The third kappa shape index (κ3) is 3.49. The molecule has 0 fully saturated rings. The second-order valence-corrected chi connectivity index (χ2v) is 7.66. The number of halogens is 1. The second kappa shape index (κ2) is 7.55. The van der Waals surface area contributed by atoms with Crippen LogP contribution in [0, 0.1) is 12.7 Å². The van der Waals surface area contributed by atoms with Crippen molar-refractivity contribution in [3.05, 3.63) is 86.8 Å². The number of hydrogen-bond donors (Lipinski definition) is 2.